The molecule has 4 heteroatoms. The minimum atomic E-state index is 0.768. The number of benzene rings is 7. The molecule has 0 aliphatic rings. The van der Waals surface area contributed by atoms with Crippen molar-refractivity contribution in [3.05, 3.63) is 152 Å². The van der Waals surface area contributed by atoms with Crippen LogP contribution in [0.5, 0.6) is 11.5 Å². The standard InChI is InChI=1S/C42H26N2O2/c1-3-12-26(13-4-1)28-15-11-16-29(24-28)44-40-33-21-10-9-20-32(33)36(45-30-17-5-2-6-18-30)25-34(40)38-39-37-31-19-8-7-14-27(31)22-23-35(37)43-41(39)46-42(38)44/h1-25,43H. The quantitative estimate of drug-likeness (QED) is 0.222. The topological polar surface area (TPSA) is 43.1 Å². The third kappa shape index (κ3) is 3.61. The Morgan fingerprint density at radius 3 is 2.09 bits per heavy atom. The van der Waals surface area contributed by atoms with Crippen LogP contribution in [0.1, 0.15) is 0 Å². The zero-order valence-electron chi connectivity index (χ0n) is 24.7. The van der Waals surface area contributed by atoms with Crippen molar-refractivity contribution < 1.29 is 9.15 Å². The van der Waals surface area contributed by atoms with Crippen LogP contribution in [0, 0.1) is 0 Å². The first-order valence-corrected chi connectivity index (χ1v) is 15.5. The highest BCUT2D eigenvalue weighted by atomic mass is 16.5. The van der Waals surface area contributed by atoms with Gasteiger partial charge in [-0.3, -0.25) is 4.57 Å². The Morgan fingerprint density at radius 2 is 1.24 bits per heavy atom. The van der Waals surface area contributed by atoms with E-state index >= 15 is 0 Å². The Morgan fingerprint density at radius 1 is 0.522 bits per heavy atom. The highest BCUT2D eigenvalue weighted by Crippen LogP contribution is 2.48. The molecule has 10 aromatic rings. The molecule has 0 amide bonds. The second-order valence-electron chi connectivity index (χ2n) is 11.8. The molecule has 0 bridgehead atoms. The van der Waals surface area contributed by atoms with E-state index in [1.54, 1.807) is 0 Å². The van der Waals surface area contributed by atoms with Crippen LogP contribution in [-0.2, 0) is 0 Å². The van der Waals surface area contributed by atoms with Crippen LogP contribution in [0.4, 0.5) is 0 Å². The number of hydrogen-bond donors (Lipinski definition) is 1. The predicted molar refractivity (Wildman–Crippen MR) is 189 cm³/mol. The molecule has 1 N–H and O–H groups in total. The third-order valence-electron chi connectivity index (χ3n) is 9.17. The lowest BCUT2D eigenvalue weighted by Gasteiger charge is -2.13. The van der Waals surface area contributed by atoms with Crippen molar-refractivity contribution >= 4 is 65.6 Å². The molecule has 0 unspecified atom stereocenters. The number of aromatic amines is 1. The first-order chi connectivity index (χ1) is 22.8. The number of ether oxygens (including phenoxy) is 1. The maximum absolute atomic E-state index is 6.88. The van der Waals surface area contributed by atoms with Crippen LogP contribution in [0.3, 0.4) is 0 Å². The minimum Gasteiger partial charge on any atom is -0.457 e. The molecule has 0 radical (unpaired) electrons. The number of H-pyrrole nitrogens is 1. The lowest BCUT2D eigenvalue weighted by molar-refractivity contribution is 0.489. The van der Waals surface area contributed by atoms with Crippen molar-refractivity contribution in [2.45, 2.75) is 0 Å². The zero-order valence-corrected chi connectivity index (χ0v) is 24.7. The van der Waals surface area contributed by atoms with Gasteiger partial charge in [0.15, 0.2) is 0 Å². The van der Waals surface area contributed by atoms with E-state index in [0.717, 1.165) is 72.1 Å². The van der Waals surface area contributed by atoms with Gasteiger partial charge in [-0.25, -0.2) is 0 Å². The Kier molecular flexibility index (Phi) is 5.25. The van der Waals surface area contributed by atoms with E-state index in [4.69, 9.17) is 9.15 Å². The van der Waals surface area contributed by atoms with Crippen LogP contribution >= 0.6 is 0 Å². The lowest BCUT2D eigenvalue weighted by Crippen LogP contribution is -1.95. The maximum atomic E-state index is 6.88. The van der Waals surface area contributed by atoms with Crippen molar-refractivity contribution in [2.75, 3.05) is 0 Å². The molecule has 0 atom stereocenters. The SMILES string of the molecule is c1ccc(Oc2cc3c4c5c([nH]c6ccc7ccccc7c65)oc4n(-c4cccc(-c5ccccc5)c4)c3c3ccccc23)cc1. The normalized spacial score (nSPS) is 11.9. The molecule has 10 rings (SSSR count). The number of fused-ring (bicyclic) bond motifs is 11. The van der Waals surface area contributed by atoms with Gasteiger partial charge in [0, 0.05) is 32.7 Å². The Balaban J connectivity index is 1.38. The van der Waals surface area contributed by atoms with Gasteiger partial charge in [0.25, 0.3) is 0 Å². The fourth-order valence-corrected chi connectivity index (χ4v) is 7.18. The number of para-hydroxylation sites is 1. The summed E-state index contributed by atoms with van der Waals surface area (Å²) in [7, 11) is 0. The molecule has 0 fully saturated rings. The highest BCUT2D eigenvalue weighted by Gasteiger charge is 2.26. The largest absolute Gasteiger partial charge is 0.457 e. The van der Waals surface area contributed by atoms with Gasteiger partial charge in [-0.2, -0.15) is 0 Å². The third-order valence-corrected chi connectivity index (χ3v) is 9.17. The van der Waals surface area contributed by atoms with Crippen LogP contribution in [0.15, 0.2) is 156 Å². The van der Waals surface area contributed by atoms with E-state index < -0.39 is 0 Å². The van der Waals surface area contributed by atoms with Crippen LogP contribution < -0.4 is 4.74 Å². The second kappa shape index (κ2) is 9.62. The smallest absolute Gasteiger partial charge is 0.215 e. The maximum Gasteiger partial charge on any atom is 0.215 e. The number of nitrogens with zero attached hydrogens (tertiary/aromatic N) is 1. The van der Waals surface area contributed by atoms with Gasteiger partial charge >= 0.3 is 0 Å². The first kappa shape index (κ1) is 25.1. The lowest BCUT2D eigenvalue weighted by atomic mass is 10.0. The van der Waals surface area contributed by atoms with Crippen molar-refractivity contribution in [1.29, 1.82) is 0 Å². The molecule has 4 nitrogen and oxygen atoms in total. The molecule has 0 aliphatic carbocycles. The summed E-state index contributed by atoms with van der Waals surface area (Å²) in [6.07, 6.45) is 0. The molecule has 0 saturated heterocycles. The van der Waals surface area contributed by atoms with Gasteiger partial charge in [0.05, 0.1) is 16.3 Å². The molecule has 0 spiro atoms. The fourth-order valence-electron chi connectivity index (χ4n) is 7.18. The molecule has 0 saturated carbocycles. The van der Waals surface area contributed by atoms with Gasteiger partial charge < -0.3 is 14.1 Å². The van der Waals surface area contributed by atoms with E-state index in [0.29, 0.717) is 0 Å². The summed E-state index contributed by atoms with van der Waals surface area (Å²) in [5.41, 5.74) is 7.07. The first-order valence-electron chi connectivity index (χ1n) is 15.5. The summed E-state index contributed by atoms with van der Waals surface area (Å²) >= 11 is 0. The van der Waals surface area contributed by atoms with Crippen molar-refractivity contribution in [1.82, 2.24) is 9.55 Å². The summed E-state index contributed by atoms with van der Waals surface area (Å²) in [5.74, 6) is 1.61. The average molecular weight is 591 g/mol. The molecule has 216 valence electrons. The summed E-state index contributed by atoms with van der Waals surface area (Å²) in [6.45, 7) is 0. The Hall–Kier alpha value is -6.26. The van der Waals surface area contributed by atoms with Gasteiger partial charge in [-0.15, -0.1) is 0 Å². The number of aromatic nitrogens is 2. The number of nitrogens with one attached hydrogen (secondary N) is 1. The molecular formula is C42H26N2O2. The van der Waals surface area contributed by atoms with Gasteiger partial charge in [-0.05, 0) is 58.3 Å². The van der Waals surface area contributed by atoms with E-state index in [1.807, 2.05) is 30.3 Å². The van der Waals surface area contributed by atoms with Gasteiger partial charge in [-0.1, -0.05) is 115 Å². The number of hydrogen-bond acceptors (Lipinski definition) is 2. The van der Waals surface area contributed by atoms with Crippen molar-refractivity contribution in [3.63, 3.8) is 0 Å². The molecular weight excluding hydrogens is 564 g/mol. The second-order valence-corrected chi connectivity index (χ2v) is 11.8. The monoisotopic (exact) mass is 590 g/mol. The fraction of sp³-hybridized carbons (Fsp3) is 0. The summed E-state index contributed by atoms with van der Waals surface area (Å²) in [5, 5.41) is 8.94. The average Bonchev–Trinajstić information content (AvgIpc) is 3.76. The van der Waals surface area contributed by atoms with E-state index in [-0.39, 0.29) is 0 Å². The highest BCUT2D eigenvalue weighted by molar-refractivity contribution is 6.34. The van der Waals surface area contributed by atoms with Crippen LogP contribution in [0.2, 0.25) is 0 Å². The minimum absolute atomic E-state index is 0.768. The molecule has 7 aromatic carbocycles. The van der Waals surface area contributed by atoms with Crippen molar-refractivity contribution in [2.24, 2.45) is 0 Å². The van der Waals surface area contributed by atoms with Crippen molar-refractivity contribution in [3.8, 4) is 28.3 Å². The molecule has 46 heavy (non-hydrogen) atoms. The Bertz CT molecular complexity index is 2770. The van der Waals surface area contributed by atoms with E-state index in [2.05, 4.69) is 131 Å². The summed E-state index contributed by atoms with van der Waals surface area (Å²) in [6, 6.07) is 52.8. The molecule has 3 aromatic heterocycles. The zero-order chi connectivity index (χ0) is 30.2. The Labute approximate surface area is 263 Å². The van der Waals surface area contributed by atoms with Crippen LogP contribution in [0.25, 0.3) is 82.4 Å². The molecule has 0 aliphatic heterocycles. The number of rotatable bonds is 4. The molecule has 3 heterocycles. The summed E-state index contributed by atoms with van der Waals surface area (Å²) in [4.78, 5) is 3.61. The van der Waals surface area contributed by atoms with E-state index in [9.17, 15) is 0 Å². The van der Waals surface area contributed by atoms with Crippen LogP contribution in [-0.4, -0.2) is 9.55 Å². The van der Waals surface area contributed by atoms with Gasteiger partial charge in [0.2, 0.25) is 11.4 Å². The predicted octanol–water partition coefficient (Wildman–Crippen LogP) is 11.8. The van der Waals surface area contributed by atoms with Gasteiger partial charge in [0.1, 0.15) is 11.5 Å². The number of furan rings is 1. The van der Waals surface area contributed by atoms with E-state index in [1.165, 1.54) is 21.7 Å². The summed E-state index contributed by atoms with van der Waals surface area (Å²) < 4.78 is 15.8.